The van der Waals surface area contributed by atoms with E-state index < -0.39 is 12.1 Å². The first kappa shape index (κ1) is 29.4. The first-order valence-corrected chi connectivity index (χ1v) is 14.8. The summed E-state index contributed by atoms with van der Waals surface area (Å²) in [5.41, 5.74) is 2.71. The van der Waals surface area contributed by atoms with Gasteiger partial charge in [-0.05, 0) is 49.4 Å². The van der Waals surface area contributed by atoms with Crippen molar-refractivity contribution in [2.45, 2.75) is 63.5 Å². The highest BCUT2D eigenvalue weighted by Gasteiger charge is 2.44. The van der Waals surface area contributed by atoms with Gasteiger partial charge in [0.05, 0.1) is 26.0 Å². The molecule has 0 bridgehead atoms. The van der Waals surface area contributed by atoms with E-state index in [1.165, 1.54) is 0 Å². The highest BCUT2D eigenvalue weighted by atomic mass is 16.5. The van der Waals surface area contributed by atoms with Gasteiger partial charge in [0.2, 0.25) is 11.8 Å². The number of carbonyl (C=O) groups excluding carboxylic acids is 2. The third-order valence-electron chi connectivity index (χ3n) is 9.05. The van der Waals surface area contributed by atoms with E-state index in [1.54, 1.807) is 24.1 Å². The Balaban J connectivity index is 1.35. The number of nitrogens with zero attached hydrogens (tertiary/aromatic N) is 3. The van der Waals surface area contributed by atoms with Crippen LogP contribution in [0.5, 0.6) is 11.5 Å². The van der Waals surface area contributed by atoms with E-state index in [9.17, 15) is 19.5 Å². The SMILES string of the molecule is COc1ccc(C2=NN(C3CCN(C(=O)[C@H](NC(=O)O)[C@@H](C)c4ccccc4)CC3)C(=O)[C@@H]3CCCC[C@H]23)cc1OC. The minimum Gasteiger partial charge on any atom is -0.493 e. The van der Waals surface area contributed by atoms with Crippen molar-refractivity contribution < 1.29 is 29.0 Å². The summed E-state index contributed by atoms with van der Waals surface area (Å²) in [6, 6.07) is 14.2. The summed E-state index contributed by atoms with van der Waals surface area (Å²) in [4.78, 5) is 40.7. The van der Waals surface area contributed by atoms with Crippen LogP contribution >= 0.6 is 0 Å². The second kappa shape index (κ2) is 12.8. The van der Waals surface area contributed by atoms with E-state index in [4.69, 9.17) is 14.6 Å². The summed E-state index contributed by atoms with van der Waals surface area (Å²) in [7, 11) is 3.21. The van der Waals surface area contributed by atoms with Gasteiger partial charge in [-0.1, -0.05) is 50.1 Å². The van der Waals surface area contributed by atoms with Crippen LogP contribution in [-0.2, 0) is 9.59 Å². The lowest BCUT2D eigenvalue weighted by Crippen LogP contribution is -2.56. The molecule has 42 heavy (non-hydrogen) atoms. The lowest BCUT2D eigenvalue weighted by molar-refractivity contribution is -0.143. The number of hydrogen-bond donors (Lipinski definition) is 2. The number of fused-ring (bicyclic) bond motifs is 1. The molecule has 5 rings (SSSR count). The molecule has 0 spiro atoms. The molecule has 10 heteroatoms. The number of ether oxygens (including phenoxy) is 2. The molecule has 10 nitrogen and oxygen atoms in total. The lowest BCUT2D eigenvalue weighted by atomic mass is 9.73. The van der Waals surface area contributed by atoms with Crippen molar-refractivity contribution in [1.82, 2.24) is 15.2 Å². The molecular weight excluding hydrogens is 536 g/mol. The molecule has 2 heterocycles. The maximum atomic E-state index is 13.8. The Kier molecular flexibility index (Phi) is 8.99. The minimum atomic E-state index is -1.23. The standard InChI is InChI=1S/C32H40N4O6/c1-20(21-9-5-4-6-10-21)28(33-32(39)40)31(38)35-17-15-23(16-18-35)36-30(37)25-12-8-7-11-24(25)29(34-36)22-13-14-26(41-2)27(19-22)42-3/h4-6,9-10,13-14,19-20,23-25,28,33H,7-8,11-12,15-18H2,1-3H3,(H,39,40)/t20-,24-,25+,28+/m0/s1. The smallest absolute Gasteiger partial charge is 0.405 e. The van der Waals surface area contributed by atoms with Crippen LogP contribution in [0.1, 0.15) is 62.5 Å². The fourth-order valence-corrected chi connectivity index (χ4v) is 6.70. The molecule has 1 saturated heterocycles. The number of amides is 3. The van der Waals surface area contributed by atoms with Gasteiger partial charge in [0.1, 0.15) is 6.04 Å². The third kappa shape index (κ3) is 5.93. The van der Waals surface area contributed by atoms with Crippen molar-refractivity contribution >= 4 is 23.6 Å². The number of rotatable bonds is 8. The van der Waals surface area contributed by atoms with Crippen molar-refractivity contribution in [2.24, 2.45) is 16.9 Å². The van der Waals surface area contributed by atoms with Gasteiger partial charge in [0, 0.05) is 36.4 Å². The first-order chi connectivity index (χ1) is 20.3. The maximum Gasteiger partial charge on any atom is 0.405 e. The number of carbonyl (C=O) groups is 3. The normalized spacial score (nSPS) is 22.5. The zero-order valence-electron chi connectivity index (χ0n) is 24.5. The number of carboxylic acid groups (broad SMARTS) is 1. The average Bonchev–Trinajstić information content (AvgIpc) is 3.03. The zero-order chi connectivity index (χ0) is 29.8. The molecule has 0 unspecified atom stereocenters. The molecule has 2 aromatic rings. The number of nitrogens with one attached hydrogen (secondary N) is 1. The van der Waals surface area contributed by atoms with E-state index >= 15 is 0 Å². The Hall–Kier alpha value is -4.08. The van der Waals surface area contributed by atoms with Gasteiger partial charge in [-0.25, -0.2) is 9.80 Å². The van der Waals surface area contributed by atoms with Crippen LogP contribution in [-0.4, -0.2) is 78.0 Å². The van der Waals surface area contributed by atoms with Gasteiger partial charge in [0.15, 0.2) is 11.5 Å². The number of hydrazone groups is 1. The molecule has 1 aliphatic carbocycles. The second-order valence-electron chi connectivity index (χ2n) is 11.4. The molecule has 0 radical (unpaired) electrons. The fraction of sp³-hybridized carbons (Fsp3) is 0.500. The minimum absolute atomic E-state index is 0.0598. The highest BCUT2D eigenvalue weighted by Crippen LogP contribution is 2.40. The van der Waals surface area contributed by atoms with Crippen LogP contribution < -0.4 is 14.8 Å². The lowest BCUT2D eigenvalue weighted by Gasteiger charge is -2.44. The van der Waals surface area contributed by atoms with Gasteiger partial charge in [-0.3, -0.25) is 9.59 Å². The predicted octanol–water partition coefficient (Wildman–Crippen LogP) is 4.49. The molecule has 224 valence electrons. The number of piperidine rings is 1. The van der Waals surface area contributed by atoms with Crippen molar-refractivity contribution in [3.05, 3.63) is 59.7 Å². The highest BCUT2D eigenvalue weighted by molar-refractivity contribution is 6.07. The second-order valence-corrected chi connectivity index (χ2v) is 11.4. The third-order valence-corrected chi connectivity index (χ3v) is 9.05. The van der Waals surface area contributed by atoms with Crippen molar-refractivity contribution in [3.63, 3.8) is 0 Å². The molecule has 1 saturated carbocycles. The van der Waals surface area contributed by atoms with Crippen LogP contribution in [0.15, 0.2) is 53.6 Å². The molecule has 4 atom stereocenters. The van der Waals surface area contributed by atoms with Gasteiger partial charge < -0.3 is 24.8 Å². The quantitative estimate of drug-likeness (QED) is 0.478. The number of methoxy groups -OCH3 is 2. The molecule has 0 aromatic heterocycles. The first-order valence-electron chi connectivity index (χ1n) is 14.8. The topological polar surface area (TPSA) is 121 Å². The summed E-state index contributed by atoms with van der Waals surface area (Å²) >= 11 is 0. The van der Waals surface area contributed by atoms with Gasteiger partial charge in [-0.2, -0.15) is 5.10 Å². The Morgan fingerprint density at radius 3 is 2.26 bits per heavy atom. The summed E-state index contributed by atoms with van der Waals surface area (Å²) in [6.07, 6.45) is 3.74. The van der Waals surface area contributed by atoms with Gasteiger partial charge in [-0.15, -0.1) is 0 Å². The molecule has 3 amide bonds. The number of likely N-dealkylation sites (tertiary alicyclic amines) is 1. The van der Waals surface area contributed by atoms with Crippen LogP contribution in [0.4, 0.5) is 4.79 Å². The van der Waals surface area contributed by atoms with Crippen molar-refractivity contribution in [3.8, 4) is 11.5 Å². The fourth-order valence-electron chi connectivity index (χ4n) is 6.70. The zero-order valence-corrected chi connectivity index (χ0v) is 24.5. The molecular formula is C32H40N4O6. The monoisotopic (exact) mass is 576 g/mol. The molecule has 2 fully saturated rings. The number of benzene rings is 2. The average molecular weight is 577 g/mol. The maximum absolute atomic E-state index is 13.8. The predicted molar refractivity (Wildman–Crippen MR) is 158 cm³/mol. The van der Waals surface area contributed by atoms with Crippen LogP contribution in [0.3, 0.4) is 0 Å². The Bertz CT molecular complexity index is 1320. The van der Waals surface area contributed by atoms with Crippen molar-refractivity contribution in [2.75, 3.05) is 27.3 Å². The van der Waals surface area contributed by atoms with Crippen molar-refractivity contribution in [1.29, 1.82) is 0 Å². The van der Waals surface area contributed by atoms with E-state index in [1.807, 2.05) is 55.5 Å². The van der Waals surface area contributed by atoms with E-state index in [2.05, 4.69) is 5.32 Å². The Labute approximate surface area is 246 Å². The van der Waals surface area contributed by atoms with Gasteiger partial charge in [0.25, 0.3) is 0 Å². The van der Waals surface area contributed by atoms with Crippen LogP contribution in [0.2, 0.25) is 0 Å². The summed E-state index contributed by atoms with van der Waals surface area (Å²) in [5.74, 6) is 0.679. The largest absolute Gasteiger partial charge is 0.493 e. The molecule has 2 N–H and O–H groups in total. The van der Waals surface area contributed by atoms with E-state index in [0.717, 1.165) is 42.5 Å². The summed E-state index contributed by atoms with van der Waals surface area (Å²) in [6.45, 7) is 2.70. The van der Waals surface area contributed by atoms with E-state index in [-0.39, 0.29) is 35.6 Å². The van der Waals surface area contributed by atoms with E-state index in [0.29, 0.717) is 37.4 Å². The summed E-state index contributed by atoms with van der Waals surface area (Å²) < 4.78 is 11.0. The molecule has 2 aromatic carbocycles. The molecule has 3 aliphatic rings. The summed E-state index contributed by atoms with van der Waals surface area (Å²) in [5, 5.41) is 18.6. The molecule has 2 aliphatic heterocycles. The Morgan fingerprint density at radius 1 is 0.952 bits per heavy atom. The van der Waals surface area contributed by atoms with Gasteiger partial charge >= 0.3 is 6.09 Å². The number of hydrogen-bond acceptors (Lipinski definition) is 6. The Morgan fingerprint density at radius 2 is 1.62 bits per heavy atom. The van der Waals surface area contributed by atoms with Crippen LogP contribution in [0, 0.1) is 11.8 Å². The van der Waals surface area contributed by atoms with Crippen LogP contribution in [0.25, 0.3) is 0 Å².